The Labute approximate surface area is 384 Å². The fourth-order valence-electron chi connectivity index (χ4n) is 7.27. The molecule has 2 saturated heterocycles. The number of nitrogens with two attached hydrogens (primary N) is 2. The predicted octanol–water partition coefficient (Wildman–Crippen LogP) is -5.26. The van der Waals surface area contributed by atoms with Crippen LogP contribution in [0, 0.1) is 11.8 Å². The number of carbonyl (C=O) groups excluding carboxylic acids is 9. The Morgan fingerprint density at radius 1 is 0.606 bits per heavy atom. The van der Waals surface area contributed by atoms with E-state index in [9.17, 15) is 78.0 Å². The quantitative estimate of drug-likeness (QED) is 0.0360. The number of carboxylic acid groups (broad SMARTS) is 3. The van der Waals surface area contributed by atoms with E-state index >= 15 is 0 Å². The molecule has 0 unspecified atom stereocenters. The highest BCUT2D eigenvalue weighted by atomic mass is 32.1. The van der Waals surface area contributed by atoms with Gasteiger partial charge in [-0.25, -0.2) is 4.79 Å². The van der Waals surface area contributed by atoms with E-state index in [1.54, 1.807) is 27.7 Å². The lowest BCUT2D eigenvalue weighted by Gasteiger charge is -2.32. The van der Waals surface area contributed by atoms with Gasteiger partial charge in [0, 0.05) is 18.8 Å². The van der Waals surface area contributed by atoms with Crippen LogP contribution in [-0.2, 0) is 57.5 Å². The Bertz CT molecular complexity index is 1850. The molecule has 2 aliphatic rings. The first kappa shape index (κ1) is 56.0. The largest absolute Gasteiger partial charge is 0.481 e. The SMILES string of the molecule is CC(C)C[C@H](NC(=O)[C@@H](NC(=O)[C@@H]1CCCN1C(=O)[C@H](CO)NC(=O)[C@H](CC(=O)O)NC(=O)[C@@H](N)CS)C(C)C)C(=O)N1CCC[C@H]1C(=O)N[C@@H](CC(=O)O)C(=O)N[C@@H](CC(N)=O)C(=O)O. The maximum Gasteiger partial charge on any atom is 0.326 e. The molecule has 370 valence electrons. The first-order chi connectivity index (χ1) is 30.8. The van der Waals surface area contributed by atoms with Gasteiger partial charge in [-0.2, -0.15) is 12.6 Å². The third kappa shape index (κ3) is 16.7. The van der Waals surface area contributed by atoms with Gasteiger partial charge in [0.25, 0.3) is 0 Å². The highest BCUT2D eigenvalue weighted by Gasteiger charge is 2.43. The number of rotatable bonds is 26. The van der Waals surface area contributed by atoms with E-state index in [0.29, 0.717) is 6.42 Å². The maximum atomic E-state index is 14.2. The Morgan fingerprint density at radius 2 is 1.05 bits per heavy atom. The lowest BCUT2D eigenvalue weighted by molar-refractivity contribution is -0.146. The second kappa shape index (κ2) is 26.2. The van der Waals surface area contributed by atoms with E-state index in [1.807, 2.05) is 5.32 Å². The number of carbonyl (C=O) groups is 12. The molecule has 2 fully saturated rings. The van der Waals surface area contributed by atoms with Crippen LogP contribution in [0.25, 0.3) is 0 Å². The van der Waals surface area contributed by atoms with Gasteiger partial charge in [-0.05, 0) is 43.9 Å². The number of carboxylic acids is 3. The van der Waals surface area contributed by atoms with Crippen LogP contribution in [0.4, 0.5) is 0 Å². The molecule has 2 rings (SSSR count). The Kier molecular flexibility index (Phi) is 22.2. The summed E-state index contributed by atoms with van der Waals surface area (Å²) in [5.41, 5.74) is 10.7. The highest BCUT2D eigenvalue weighted by molar-refractivity contribution is 7.80. The number of aliphatic hydroxyl groups excluding tert-OH is 1. The molecule has 0 aromatic rings. The van der Waals surface area contributed by atoms with Crippen molar-refractivity contribution in [3.8, 4) is 0 Å². The van der Waals surface area contributed by atoms with Crippen molar-refractivity contribution in [3.63, 3.8) is 0 Å². The van der Waals surface area contributed by atoms with E-state index < -0.39 is 157 Å². The number of likely N-dealkylation sites (tertiary alicyclic amines) is 2. The van der Waals surface area contributed by atoms with Gasteiger partial charge in [-0.1, -0.05) is 27.7 Å². The van der Waals surface area contributed by atoms with Gasteiger partial charge in [-0.15, -0.1) is 0 Å². The van der Waals surface area contributed by atoms with Gasteiger partial charge < -0.3 is 73.6 Å². The Morgan fingerprint density at radius 3 is 1.47 bits per heavy atom. The zero-order valence-electron chi connectivity index (χ0n) is 37.0. The van der Waals surface area contributed by atoms with E-state index in [2.05, 4.69) is 39.2 Å². The molecule has 2 heterocycles. The normalized spacial score (nSPS) is 19.0. The molecule has 9 atom stereocenters. The topological polar surface area (TPSA) is 416 Å². The molecule has 0 aliphatic carbocycles. The summed E-state index contributed by atoms with van der Waals surface area (Å²) in [4.78, 5) is 156. The summed E-state index contributed by atoms with van der Waals surface area (Å²) in [5.74, 6) is -14.2. The Hall–Kier alpha value is -6.09. The summed E-state index contributed by atoms with van der Waals surface area (Å²) in [7, 11) is 0. The smallest absolute Gasteiger partial charge is 0.326 e. The summed E-state index contributed by atoms with van der Waals surface area (Å²) in [6.07, 6.45) is -1.93. The minimum absolute atomic E-state index is 0.0106. The van der Waals surface area contributed by atoms with Crippen LogP contribution < -0.4 is 43.4 Å². The number of aliphatic carboxylic acids is 3. The first-order valence-corrected chi connectivity index (χ1v) is 21.8. The molecule has 0 aromatic carbocycles. The second-order valence-electron chi connectivity index (χ2n) is 16.7. The molecule has 0 spiro atoms. The molecule has 66 heavy (non-hydrogen) atoms. The fourth-order valence-corrected chi connectivity index (χ4v) is 7.44. The number of thiol groups is 1. The van der Waals surface area contributed by atoms with E-state index in [1.165, 1.54) is 0 Å². The van der Waals surface area contributed by atoms with Gasteiger partial charge in [-0.3, -0.25) is 52.7 Å². The summed E-state index contributed by atoms with van der Waals surface area (Å²) in [6.45, 7) is 5.75. The van der Waals surface area contributed by atoms with Crippen LogP contribution in [0.3, 0.4) is 0 Å². The summed E-state index contributed by atoms with van der Waals surface area (Å²) in [5, 5.41) is 52.2. The monoisotopic (exact) mass is 958 g/mol. The third-order valence-electron chi connectivity index (χ3n) is 10.6. The van der Waals surface area contributed by atoms with Crippen molar-refractivity contribution in [1.29, 1.82) is 0 Å². The van der Waals surface area contributed by atoms with Crippen LogP contribution >= 0.6 is 12.6 Å². The van der Waals surface area contributed by atoms with Crippen molar-refractivity contribution in [2.75, 3.05) is 25.4 Å². The standard InChI is InChI=1S/C39H62N10O16S/c1-17(2)11-22(37(62)48-9-5-7-25(48)34(59)43-21(14-29(54)55)32(57)45-23(39(64)65)12-27(41)51)44-36(61)30(18(3)4)47-35(60)26-8-6-10-49(26)38(63)24(15-50)46-33(58)20(13-28(52)53)42-31(56)19(40)16-66/h17-26,30,50,66H,5-16,40H2,1-4H3,(H2,41,51)(H,42,56)(H,43,59)(H,44,61)(H,45,57)(H,46,58)(H,47,60)(H,52,53)(H,54,55)(H,64,65)/t19-,20-,21-,22-,23-,24-,25-,26-,30-/m0/s1. The predicted molar refractivity (Wildman–Crippen MR) is 230 cm³/mol. The van der Waals surface area contributed by atoms with Gasteiger partial charge in [0.2, 0.25) is 53.2 Å². The lowest BCUT2D eigenvalue weighted by Crippen LogP contribution is -2.61. The molecule has 0 radical (unpaired) electrons. The Balaban J connectivity index is 2.26. The molecule has 0 bridgehead atoms. The van der Waals surface area contributed by atoms with Gasteiger partial charge >= 0.3 is 17.9 Å². The average Bonchev–Trinajstić information content (AvgIpc) is 3.93. The molecular formula is C39H62N10O16S. The van der Waals surface area contributed by atoms with E-state index in [-0.39, 0.29) is 50.4 Å². The molecule has 0 saturated carbocycles. The van der Waals surface area contributed by atoms with Crippen LogP contribution in [0.2, 0.25) is 0 Å². The molecule has 26 nitrogen and oxygen atoms in total. The van der Waals surface area contributed by atoms with Crippen molar-refractivity contribution in [3.05, 3.63) is 0 Å². The van der Waals surface area contributed by atoms with Crippen molar-refractivity contribution in [2.24, 2.45) is 23.3 Å². The minimum Gasteiger partial charge on any atom is -0.481 e. The lowest BCUT2D eigenvalue weighted by atomic mass is 9.99. The number of aliphatic hydroxyl groups is 1. The highest BCUT2D eigenvalue weighted by Crippen LogP contribution is 2.23. The van der Waals surface area contributed by atoms with E-state index in [0.717, 1.165) is 9.80 Å². The summed E-state index contributed by atoms with van der Waals surface area (Å²) >= 11 is 3.90. The third-order valence-corrected chi connectivity index (χ3v) is 11.0. The number of nitrogens with one attached hydrogen (secondary N) is 6. The van der Waals surface area contributed by atoms with Crippen LogP contribution in [0.5, 0.6) is 0 Å². The van der Waals surface area contributed by atoms with Crippen molar-refractivity contribution in [2.45, 2.75) is 133 Å². The van der Waals surface area contributed by atoms with Gasteiger partial charge in [0.15, 0.2) is 0 Å². The zero-order chi connectivity index (χ0) is 50.2. The number of primary amides is 1. The molecule has 0 aromatic heterocycles. The van der Waals surface area contributed by atoms with Crippen LogP contribution in [-0.4, -0.2) is 181 Å². The first-order valence-electron chi connectivity index (χ1n) is 21.2. The van der Waals surface area contributed by atoms with Crippen molar-refractivity contribution in [1.82, 2.24) is 41.7 Å². The van der Waals surface area contributed by atoms with Gasteiger partial charge in [0.1, 0.15) is 48.3 Å². The van der Waals surface area contributed by atoms with Crippen molar-refractivity contribution >= 4 is 83.7 Å². The second-order valence-corrected chi connectivity index (χ2v) is 17.1. The van der Waals surface area contributed by atoms with Gasteiger partial charge in [0.05, 0.1) is 31.9 Å². The molecule has 2 aliphatic heterocycles. The summed E-state index contributed by atoms with van der Waals surface area (Å²) < 4.78 is 0. The number of amides is 9. The summed E-state index contributed by atoms with van der Waals surface area (Å²) in [6, 6.07) is -13.3. The zero-order valence-corrected chi connectivity index (χ0v) is 37.9. The number of hydrogen-bond donors (Lipinski definition) is 13. The molecule has 9 amide bonds. The van der Waals surface area contributed by atoms with Crippen LogP contribution in [0.15, 0.2) is 0 Å². The average molecular weight is 959 g/mol. The van der Waals surface area contributed by atoms with Crippen LogP contribution in [0.1, 0.15) is 79.1 Å². The minimum atomic E-state index is -1.83. The molecule has 14 N–H and O–H groups in total. The number of hydrogen-bond acceptors (Lipinski definition) is 15. The van der Waals surface area contributed by atoms with Crippen molar-refractivity contribution < 1.29 is 78.0 Å². The number of nitrogens with zero attached hydrogens (tertiary/aromatic N) is 2. The van der Waals surface area contributed by atoms with E-state index in [4.69, 9.17) is 11.5 Å². The molecular weight excluding hydrogens is 897 g/mol. The molecule has 27 heteroatoms. The fraction of sp³-hybridized carbons (Fsp3) is 0.692. The maximum absolute atomic E-state index is 14.2.